The minimum atomic E-state index is -1.04. The fraction of sp³-hybridized carbons (Fsp3) is 0.160. The van der Waals surface area contributed by atoms with Crippen molar-refractivity contribution < 1.29 is 24.0 Å². The summed E-state index contributed by atoms with van der Waals surface area (Å²) in [7, 11) is 1.28. The van der Waals surface area contributed by atoms with Crippen molar-refractivity contribution in [1.82, 2.24) is 0 Å². The molecule has 0 bridgehead atoms. The van der Waals surface area contributed by atoms with Crippen LogP contribution in [-0.4, -0.2) is 31.0 Å². The van der Waals surface area contributed by atoms with E-state index in [1.807, 2.05) is 30.3 Å². The average Bonchev–Trinajstić information content (AvgIpc) is 3.35. The Hall–Kier alpha value is -3.39. The zero-order chi connectivity index (χ0) is 24.0. The lowest BCUT2D eigenvalue weighted by atomic mass is 9.90. The van der Waals surface area contributed by atoms with Crippen LogP contribution in [0.1, 0.15) is 22.0 Å². The summed E-state index contributed by atoms with van der Waals surface area (Å²) in [5.74, 6) is -2.27. The molecule has 2 amide bonds. The predicted octanol–water partition coefficient (Wildman–Crippen LogP) is 4.83. The molecule has 172 valence electrons. The Kier molecular flexibility index (Phi) is 5.77. The minimum Gasteiger partial charge on any atom is -0.465 e. The lowest BCUT2D eigenvalue weighted by Crippen LogP contribution is -2.37. The summed E-state index contributed by atoms with van der Waals surface area (Å²) >= 11 is 12.6. The molecular formula is C25H18Cl2N2O5. The highest BCUT2D eigenvalue weighted by molar-refractivity contribution is 6.35. The zero-order valence-corrected chi connectivity index (χ0v) is 19.4. The second kappa shape index (κ2) is 8.76. The SMILES string of the molecule is COC(=O)c1ccc(N2C(=O)[C@@H]3[C@@H](c4ccc(Cl)cc4Cl)N(c4ccccc4)O[C@H]3C2=O)cc1. The second-order valence-electron chi connectivity index (χ2n) is 7.87. The number of methoxy groups -OCH3 is 1. The van der Waals surface area contributed by atoms with Crippen molar-refractivity contribution in [3.8, 4) is 0 Å². The lowest BCUT2D eigenvalue weighted by Gasteiger charge is -2.29. The molecule has 0 aliphatic carbocycles. The molecule has 3 aromatic carbocycles. The molecule has 5 rings (SSSR count). The average molecular weight is 497 g/mol. The molecule has 3 aromatic rings. The number of benzene rings is 3. The Bertz CT molecular complexity index is 1280. The van der Waals surface area contributed by atoms with Crippen LogP contribution in [0, 0.1) is 5.92 Å². The number of amides is 2. The van der Waals surface area contributed by atoms with E-state index in [9.17, 15) is 14.4 Å². The summed E-state index contributed by atoms with van der Waals surface area (Å²) in [6.07, 6.45) is -1.04. The number of hydrogen-bond donors (Lipinski definition) is 0. The van der Waals surface area contributed by atoms with Crippen molar-refractivity contribution in [2.24, 2.45) is 5.92 Å². The maximum absolute atomic E-state index is 13.6. The van der Waals surface area contributed by atoms with Crippen LogP contribution in [0.2, 0.25) is 10.0 Å². The fourth-order valence-electron chi connectivity index (χ4n) is 4.39. The highest BCUT2D eigenvalue weighted by Gasteiger charge is 2.60. The Labute approximate surface area is 205 Å². The van der Waals surface area contributed by atoms with Crippen LogP contribution in [0.4, 0.5) is 11.4 Å². The molecule has 0 unspecified atom stereocenters. The van der Waals surface area contributed by atoms with E-state index < -0.39 is 35.8 Å². The molecule has 0 aromatic heterocycles. The van der Waals surface area contributed by atoms with Gasteiger partial charge in [-0.05, 0) is 54.1 Å². The number of ether oxygens (including phenoxy) is 1. The summed E-state index contributed by atoms with van der Waals surface area (Å²) in [5, 5.41) is 2.39. The monoisotopic (exact) mass is 496 g/mol. The molecule has 2 saturated heterocycles. The van der Waals surface area contributed by atoms with E-state index in [1.54, 1.807) is 23.3 Å². The fourth-order valence-corrected chi connectivity index (χ4v) is 4.91. The van der Waals surface area contributed by atoms with Crippen LogP contribution >= 0.6 is 23.2 Å². The number of hydroxylamine groups is 1. The summed E-state index contributed by atoms with van der Waals surface area (Å²) in [6, 6.07) is 19.6. The Morgan fingerprint density at radius 2 is 1.62 bits per heavy atom. The smallest absolute Gasteiger partial charge is 0.337 e. The third-order valence-electron chi connectivity index (χ3n) is 5.95. The van der Waals surface area contributed by atoms with Gasteiger partial charge in [-0.1, -0.05) is 47.5 Å². The molecule has 3 atom stereocenters. The highest BCUT2D eigenvalue weighted by atomic mass is 35.5. The number of carbonyl (C=O) groups is 3. The van der Waals surface area contributed by atoms with E-state index in [0.29, 0.717) is 32.5 Å². The van der Waals surface area contributed by atoms with Gasteiger partial charge in [0, 0.05) is 10.0 Å². The van der Waals surface area contributed by atoms with Gasteiger partial charge < -0.3 is 4.74 Å². The largest absolute Gasteiger partial charge is 0.465 e. The third-order valence-corrected chi connectivity index (χ3v) is 6.52. The number of nitrogens with zero attached hydrogens (tertiary/aromatic N) is 2. The molecule has 2 fully saturated rings. The summed E-state index contributed by atoms with van der Waals surface area (Å²) in [4.78, 5) is 46.0. The van der Waals surface area contributed by atoms with E-state index in [2.05, 4.69) is 0 Å². The topological polar surface area (TPSA) is 76.2 Å². The van der Waals surface area contributed by atoms with Gasteiger partial charge in [-0.25, -0.2) is 14.8 Å². The number of imide groups is 1. The number of esters is 1. The molecule has 34 heavy (non-hydrogen) atoms. The minimum absolute atomic E-state index is 0.308. The molecule has 0 saturated carbocycles. The number of carbonyl (C=O) groups excluding carboxylic acids is 3. The van der Waals surface area contributed by atoms with E-state index in [1.165, 1.54) is 31.4 Å². The van der Waals surface area contributed by atoms with Crippen molar-refractivity contribution in [3.63, 3.8) is 0 Å². The van der Waals surface area contributed by atoms with Crippen LogP contribution in [0.5, 0.6) is 0 Å². The molecule has 0 N–H and O–H groups in total. The first-order chi connectivity index (χ1) is 16.4. The molecule has 2 aliphatic heterocycles. The second-order valence-corrected chi connectivity index (χ2v) is 8.72. The molecule has 9 heteroatoms. The van der Waals surface area contributed by atoms with Gasteiger partial charge in [0.2, 0.25) is 5.91 Å². The number of anilines is 2. The van der Waals surface area contributed by atoms with Gasteiger partial charge in [-0.3, -0.25) is 14.4 Å². The highest BCUT2D eigenvalue weighted by Crippen LogP contribution is 2.49. The molecule has 0 spiro atoms. The van der Waals surface area contributed by atoms with E-state index in [-0.39, 0.29) is 0 Å². The molecule has 2 heterocycles. The Balaban J connectivity index is 1.55. The Morgan fingerprint density at radius 1 is 0.912 bits per heavy atom. The molecule has 7 nitrogen and oxygen atoms in total. The lowest BCUT2D eigenvalue weighted by molar-refractivity contribution is -0.126. The van der Waals surface area contributed by atoms with Crippen molar-refractivity contribution in [3.05, 3.63) is 94.0 Å². The first kappa shape index (κ1) is 22.4. The van der Waals surface area contributed by atoms with Gasteiger partial charge >= 0.3 is 5.97 Å². The number of halogens is 2. The van der Waals surface area contributed by atoms with Gasteiger partial charge in [0.15, 0.2) is 6.10 Å². The van der Waals surface area contributed by atoms with Crippen LogP contribution in [-0.2, 0) is 19.2 Å². The van der Waals surface area contributed by atoms with Gasteiger partial charge in [0.05, 0.1) is 30.1 Å². The number of rotatable bonds is 4. The number of para-hydroxylation sites is 1. The molecule has 0 radical (unpaired) electrons. The van der Waals surface area contributed by atoms with E-state index >= 15 is 0 Å². The van der Waals surface area contributed by atoms with Gasteiger partial charge in [0.25, 0.3) is 5.91 Å². The summed E-state index contributed by atoms with van der Waals surface area (Å²) < 4.78 is 4.71. The van der Waals surface area contributed by atoms with Crippen LogP contribution in [0.15, 0.2) is 72.8 Å². The van der Waals surface area contributed by atoms with E-state index in [0.717, 1.165) is 4.90 Å². The van der Waals surface area contributed by atoms with Gasteiger partial charge in [-0.15, -0.1) is 0 Å². The predicted molar refractivity (Wildman–Crippen MR) is 127 cm³/mol. The van der Waals surface area contributed by atoms with Gasteiger partial charge in [0.1, 0.15) is 5.92 Å². The van der Waals surface area contributed by atoms with Crippen LogP contribution in [0.3, 0.4) is 0 Å². The first-order valence-electron chi connectivity index (χ1n) is 10.4. The van der Waals surface area contributed by atoms with Gasteiger partial charge in [-0.2, -0.15) is 0 Å². The zero-order valence-electron chi connectivity index (χ0n) is 17.9. The maximum atomic E-state index is 13.6. The summed E-state index contributed by atoms with van der Waals surface area (Å²) in [6.45, 7) is 0. The Morgan fingerprint density at radius 3 is 2.26 bits per heavy atom. The maximum Gasteiger partial charge on any atom is 0.337 e. The van der Waals surface area contributed by atoms with Crippen molar-refractivity contribution in [2.45, 2.75) is 12.1 Å². The van der Waals surface area contributed by atoms with Crippen LogP contribution in [0.25, 0.3) is 0 Å². The molecule has 2 aliphatic rings. The number of hydrogen-bond acceptors (Lipinski definition) is 6. The third kappa shape index (κ3) is 3.62. The van der Waals surface area contributed by atoms with E-state index in [4.69, 9.17) is 32.8 Å². The molecular weight excluding hydrogens is 479 g/mol. The van der Waals surface area contributed by atoms with Crippen LogP contribution < -0.4 is 9.96 Å². The first-order valence-corrected chi connectivity index (χ1v) is 11.2. The summed E-state index contributed by atoms with van der Waals surface area (Å²) in [5.41, 5.74) is 1.95. The standard InChI is InChI=1S/C25H18Cl2N2O5/c1-33-25(32)14-7-10-16(11-8-14)28-23(30)20-21(18-12-9-15(26)13-19(18)27)29(34-22(20)24(28)31)17-5-3-2-4-6-17/h2-13,20-22H,1H3/t20-,21-,22-/m1/s1. The van der Waals surface area contributed by atoms with Crippen molar-refractivity contribution in [1.29, 1.82) is 0 Å². The van der Waals surface area contributed by atoms with Crippen molar-refractivity contribution >= 4 is 52.4 Å². The normalized spacial score (nSPS) is 21.7. The quantitative estimate of drug-likeness (QED) is 0.380. The van der Waals surface area contributed by atoms with Crippen molar-refractivity contribution in [2.75, 3.05) is 17.1 Å². The number of fused-ring (bicyclic) bond motifs is 1.